The zero-order valence-corrected chi connectivity index (χ0v) is 14.1. The van der Waals surface area contributed by atoms with Crippen LogP contribution >= 0.6 is 0 Å². The fourth-order valence-corrected chi connectivity index (χ4v) is 2.41. The summed E-state index contributed by atoms with van der Waals surface area (Å²) in [4.78, 5) is 19.1. The summed E-state index contributed by atoms with van der Waals surface area (Å²) in [5.41, 5.74) is 3.10. The first-order valence-electron chi connectivity index (χ1n) is 7.78. The number of nitrogens with zero attached hydrogens (tertiary/aromatic N) is 1. The van der Waals surface area contributed by atoms with Crippen molar-refractivity contribution in [1.82, 2.24) is 9.97 Å². The largest absolute Gasteiger partial charge is 0.497 e. The summed E-state index contributed by atoms with van der Waals surface area (Å²) in [6.45, 7) is 0.558. The molecule has 6 heteroatoms. The number of methoxy groups -OCH3 is 2. The Labute approximate surface area is 145 Å². The molecule has 0 amide bonds. The van der Waals surface area contributed by atoms with Crippen molar-refractivity contribution >= 4 is 11.6 Å². The molecule has 128 valence electrons. The fourth-order valence-electron chi connectivity index (χ4n) is 2.41. The van der Waals surface area contributed by atoms with E-state index < -0.39 is 0 Å². The third-order valence-electron chi connectivity index (χ3n) is 3.66. The second-order valence-electron chi connectivity index (χ2n) is 5.46. The Balaban J connectivity index is 1.84. The van der Waals surface area contributed by atoms with Gasteiger partial charge in [-0.25, -0.2) is 4.98 Å². The molecule has 0 saturated carbocycles. The Morgan fingerprint density at radius 3 is 2.40 bits per heavy atom. The second kappa shape index (κ2) is 7.63. The summed E-state index contributed by atoms with van der Waals surface area (Å²) < 4.78 is 10.2. The lowest BCUT2D eigenvalue weighted by Gasteiger charge is -2.08. The number of benzene rings is 2. The predicted octanol–water partition coefficient (Wildman–Crippen LogP) is 3.34. The predicted molar refractivity (Wildman–Crippen MR) is 97.3 cm³/mol. The number of ether oxygens (including phenoxy) is 2. The second-order valence-corrected chi connectivity index (χ2v) is 5.46. The van der Waals surface area contributed by atoms with Gasteiger partial charge in [-0.05, 0) is 42.0 Å². The maximum absolute atomic E-state index is 12.0. The van der Waals surface area contributed by atoms with Gasteiger partial charge in [-0.1, -0.05) is 12.1 Å². The fraction of sp³-hybridized carbons (Fsp3) is 0.158. The van der Waals surface area contributed by atoms with E-state index >= 15 is 0 Å². The minimum atomic E-state index is -0.223. The van der Waals surface area contributed by atoms with Crippen LogP contribution in [-0.2, 0) is 11.3 Å². The Morgan fingerprint density at radius 1 is 1.04 bits per heavy atom. The Hall–Kier alpha value is -3.12. The maximum Gasteiger partial charge on any atom is 0.252 e. The quantitative estimate of drug-likeness (QED) is 0.721. The maximum atomic E-state index is 12.0. The van der Waals surface area contributed by atoms with Crippen molar-refractivity contribution in [2.45, 2.75) is 6.61 Å². The molecule has 2 N–H and O–H groups in total. The van der Waals surface area contributed by atoms with Gasteiger partial charge in [-0.2, -0.15) is 0 Å². The van der Waals surface area contributed by atoms with Gasteiger partial charge in [0, 0.05) is 24.4 Å². The molecule has 6 nitrogen and oxygen atoms in total. The van der Waals surface area contributed by atoms with Crippen molar-refractivity contribution in [3.05, 3.63) is 70.5 Å². The van der Waals surface area contributed by atoms with Crippen LogP contribution in [0.25, 0.3) is 11.3 Å². The molecular formula is C19H19N3O3. The highest BCUT2D eigenvalue weighted by atomic mass is 16.5. The molecule has 1 aromatic heterocycles. The summed E-state index contributed by atoms with van der Waals surface area (Å²) in [6.07, 6.45) is 0. The Morgan fingerprint density at radius 2 is 1.76 bits per heavy atom. The van der Waals surface area contributed by atoms with E-state index in [0.29, 0.717) is 18.2 Å². The summed E-state index contributed by atoms with van der Waals surface area (Å²) in [7, 11) is 3.27. The summed E-state index contributed by atoms with van der Waals surface area (Å²) in [6, 6.07) is 16.6. The van der Waals surface area contributed by atoms with Gasteiger partial charge in [-0.15, -0.1) is 0 Å². The van der Waals surface area contributed by atoms with Crippen molar-refractivity contribution in [2.75, 3.05) is 19.5 Å². The molecule has 0 aliphatic heterocycles. The lowest BCUT2D eigenvalue weighted by molar-refractivity contribution is 0.185. The van der Waals surface area contributed by atoms with E-state index in [1.54, 1.807) is 14.2 Å². The Kier molecular flexibility index (Phi) is 5.11. The average Bonchev–Trinajstić information content (AvgIpc) is 2.63. The molecule has 0 aliphatic carbocycles. The minimum absolute atomic E-state index is 0.223. The summed E-state index contributed by atoms with van der Waals surface area (Å²) in [5, 5.41) is 3.11. The van der Waals surface area contributed by atoms with Crippen LogP contribution < -0.4 is 15.6 Å². The number of hydrogen-bond donors (Lipinski definition) is 2. The van der Waals surface area contributed by atoms with E-state index in [1.165, 1.54) is 6.07 Å². The number of aromatic nitrogens is 2. The third kappa shape index (κ3) is 4.24. The number of H-pyrrole nitrogens is 1. The number of nitrogens with one attached hydrogen (secondary N) is 2. The highest BCUT2D eigenvalue weighted by molar-refractivity contribution is 5.62. The molecular weight excluding hydrogens is 318 g/mol. The lowest BCUT2D eigenvalue weighted by atomic mass is 10.1. The minimum Gasteiger partial charge on any atom is -0.497 e. The molecule has 3 rings (SSSR count). The molecule has 0 radical (unpaired) electrons. The van der Waals surface area contributed by atoms with Crippen LogP contribution in [0.1, 0.15) is 5.56 Å². The van der Waals surface area contributed by atoms with E-state index in [4.69, 9.17) is 9.47 Å². The van der Waals surface area contributed by atoms with E-state index in [9.17, 15) is 4.79 Å². The number of anilines is 2. The first-order valence-corrected chi connectivity index (χ1v) is 7.78. The van der Waals surface area contributed by atoms with Gasteiger partial charge in [-0.3, -0.25) is 9.78 Å². The van der Waals surface area contributed by atoms with Crippen LogP contribution in [0.4, 0.5) is 11.6 Å². The van der Waals surface area contributed by atoms with Crippen LogP contribution in [-0.4, -0.2) is 24.2 Å². The van der Waals surface area contributed by atoms with Crippen molar-refractivity contribution in [2.24, 2.45) is 0 Å². The molecule has 0 aliphatic rings. The number of hydrogen-bond acceptors (Lipinski definition) is 5. The molecule has 0 bridgehead atoms. The van der Waals surface area contributed by atoms with E-state index in [0.717, 1.165) is 22.6 Å². The molecule has 0 fully saturated rings. The van der Waals surface area contributed by atoms with Gasteiger partial charge in [0.2, 0.25) is 5.95 Å². The Bertz CT molecular complexity index is 887. The standard InChI is InChI=1S/C19H19N3O3/c1-24-12-13-3-7-15(8-4-13)20-19-21-17(11-18(23)22-19)14-5-9-16(25-2)10-6-14/h3-11H,12H2,1-2H3,(H2,20,21,22,23). The highest BCUT2D eigenvalue weighted by Gasteiger charge is 2.05. The molecule has 25 heavy (non-hydrogen) atoms. The normalized spacial score (nSPS) is 10.5. The smallest absolute Gasteiger partial charge is 0.252 e. The zero-order valence-electron chi connectivity index (χ0n) is 14.1. The van der Waals surface area contributed by atoms with Gasteiger partial charge in [0.25, 0.3) is 5.56 Å². The van der Waals surface area contributed by atoms with Crippen LogP contribution in [0, 0.1) is 0 Å². The van der Waals surface area contributed by atoms with Crippen LogP contribution in [0.3, 0.4) is 0 Å². The topological polar surface area (TPSA) is 76.2 Å². The van der Waals surface area contributed by atoms with Gasteiger partial charge < -0.3 is 14.8 Å². The molecule has 0 saturated heterocycles. The monoisotopic (exact) mass is 337 g/mol. The lowest BCUT2D eigenvalue weighted by Crippen LogP contribution is -2.10. The highest BCUT2D eigenvalue weighted by Crippen LogP contribution is 2.21. The molecule has 0 unspecified atom stereocenters. The molecule has 1 heterocycles. The van der Waals surface area contributed by atoms with Gasteiger partial charge in [0.1, 0.15) is 5.75 Å². The van der Waals surface area contributed by atoms with Gasteiger partial charge >= 0.3 is 0 Å². The van der Waals surface area contributed by atoms with E-state index in [-0.39, 0.29) is 5.56 Å². The number of aromatic amines is 1. The molecule has 3 aromatic rings. The third-order valence-corrected chi connectivity index (χ3v) is 3.66. The first-order chi connectivity index (χ1) is 12.2. The molecule has 0 atom stereocenters. The summed E-state index contributed by atoms with van der Waals surface area (Å²) >= 11 is 0. The van der Waals surface area contributed by atoms with E-state index in [2.05, 4.69) is 15.3 Å². The van der Waals surface area contributed by atoms with Crippen molar-refractivity contribution < 1.29 is 9.47 Å². The van der Waals surface area contributed by atoms with Gasteiger partial charge in [0.15, 0.2) is 0 Å². The van der Waals surface area contributed by atoms with E-state index in [1.807, 2.05) is 48.5 Å². The van der Waals surface area contributed by atoms with Crippen molar-refractivity contribution in [3.63, 3.8) is 0 Å². The zero-order chi connectivity index (χ0) is 17.6. The number of rotatable bonds is 6. The molecule has 2 aromatic carbocycles. The SMILES string of the molecule is COCc1ccc(Nc2nc(-c3ccc(OC)cc3)cc(=O)[nH]2)cc1. The van der Waals surface area contributed by atoms with Crippen LogP contribution in [0.5, 0.6) is 5.75 Å². The van der Waals surface area contributed by atoms with Gasteiger partial charge in [0.05, 0.1) is 19.4 Å². The van der Waals surface area contributed by atoms with Crippen molar-refractivity contribution in [1.29, 1.82) is 0 Å². The summed E-state index contributed by atoms with van der Waals surface area (Å²) in [5.74, 6) is 1.14. The average molecular weight is 337 g/mol. The van der Waals surface area contributed by atoms with Crippen molar-refractivity contribution in [3.8, 4) is 17.0 Å². The van der Waals surface area contributed by atoms with Crippen LogP contribution in [0.2, 0.25) is 0 Å². The first kappa shape index (κ1) is 16.7. The molecule has 0 spiro atoms. The van der Waals surface area contributed by atoms with Crippen LogP contribution in [0.15, 0.2) is 59.4 Å².